The Morgan fingerprint density at radius 3 is 1.50 bits per heavy atom. The Kier molecular flexibility index (Phi) is 7.06. The SMILES string of the molecule is CCO[Si](CC1CCCCCC1)(CC1CCC1)OCC. The van der Waals surface area contributed by atoms with Crippen LogP contribution < -0.4 is 0 Å². The molecule has 0 spiro atoms. The van der Waals surface area contributed by atoms with Crippen LogP contribution in [0.25, 0.3) is 0 Å². The second-order valence-electron chi connectivity index (χ2n) is 6.84. The number of hydrogen-bond donors (Lipinski definition) is 0. The largest absolute Gasteiger partial charge is 0.394 e. The van der Waals surface area contributed by atoms with Gasteiger partial charge < -0.3 is 8.85 Å². The Balaban J connectivity index is 1.97. The predicted molar refractivity (Wildman–Crippen MR) is 87.2 cm³/mol. The van der Waals surface area contributed by atoms with Crippen molar-refractivity contribution >= 4 is 8.56 Å². The van der Waals surface area contributed by atoms with Gasteiger partial charge in [-0.15, -0.1) is 0 Å². The quantitative estimate of drug-likeness (QED) is 0.449. The van der Waals surface area contributed by atoms with E-state index < -0.39 is 8.56 Å². The molecule has 0 N–H and O–H groups in total. The van der Waals surface area contributed by atoms with E-state index in [-0.39, 0.29) is 0 Å². The average Bonchev–Trinajstić information content (AvgIpc) is 2.63. The maximum absolute atomic E-state index is 6.34. The van der Waals surface area contributed by atoms with Gasteiger partial charge in [-0.05, 0) is 37.8 Å². The maximum Gasteiger partial charge on any atom is 0.338 e. The fourth-order valence-corrected chi connectivity index (χ4v) is 8.38. The molecule has 0 heterocycles. The van der Waals surface area contributed by atoms with E-state index in [4.69, 9.17) is 8.85 Å². The lowest BCUT2D eigenvalue weighted by molar-refractivity contribution is 0.162. The summed E-state index contributed by atoms with van der Waals surface area (Å²) in [4.78, 5) is 0. The smallest absolute Gasteiger partial charge is 0.338 e. The van der Waals surface area contributed by atoms with E-state index in [9.17, 15) is 0 Å². The third-order valence-corrected chi connectivity index (χ3v) is 9.24. The van der Waals surface area contributed by atoms with Gasteiger partial charge in [0.1, 0.15) is 0 Å². The standard InChI is InChI=1S/C17H34O2Si/c1-3-18-20(19-4-2,15-17-12-9-13-17)14-16-10-7-5-6-8-11-16/h16-17H,3-15H2,1-2H3. The summed E-state index contributed by atoms with van der Waals surface area (Å²) in [5.74, 6) is 1.79. The molecule has 118 valence electrons. The predicted octanol–water partition coefficient (Wildman–Crippen LogP) is 5.27. The van der Waals surface area contributed by atoms with Crippen molar-refractivity contribution in [1.82, 2.24) is 0 Å². The Bertz CT molecular complexity index is 252. The Hall–Kier alpha value is 0.137. The van der Waals surface area contributed by atoms with Gasteiger partial charge in [0.25, 0.3) is 0 Å². The molecule has 2 nitrogen and oxygen atoms in total. The van der Waals surface area contributed by atoms with E-state index in [2.05, 4.69) is 13.8 Å². The van der Waals surface area contributed by atoms with Crippen molar-refractivity contribution in [3.8, 4) is 0 Å². The molecule has 0 unspecified atom stereocenters. The number of rotatable bonds is 8. The molecule has 0 atom stereocenters. The first-order valence-electron chi connectivity index (χ1n) is 9.06. The minimum Gasteiger partial charge on any atom is -0.394 e. The van der Waals surface area contributed by atoms with Crippen LogP contribution in [0.3, 0.4) is 0 Å². The van der Waals surface area contributed by atoms with Crippen molar-refractivity contribution < 1.29 is 8.85 Å². The Labute approximate surface area is 126 Å². The van der Waals surface area contributed by atoms with Crippen molar-refractivity contribution in [2.75, 3.05) is 13.2 Å². The highest BCUT2D eigenvalue weighted by Gasteiger charge is 2.42. The number of hydrogen-bond acceptors (Lipinski definition) is 2. The van der Waals surface area contributed by atoms with E-state index in [1.165, 1.54) is 69.9 Å². The van der Waals surface area contributed by atoms with Gasteiger partial charge in [-0.25, -0.2) is 0 Å². The lowest BCUT2D eigenvalue weighted by Gasteiger charge is -2.38. The summed E-state index contributed by atoms with van der Waals surface area (Å²) in [7, 11) is -1.94. The molecule has 2 rings (SSSR count). The van der Waals surface area contributed by atoms with Gasteiger partial charge in [0.05, 0.1) is 0 Å². The molecule has 0 radical (unpaired) electrons. The zero-order valence-corrected chi connectivity index (χ0v) is 14.7. The lowest BCUT2D eigenvalue weighted by Crippen LogP contribution is -2.46. The van der Waals surface area contributed by atoms with E-state index in [1.54, 1.807) is 0 Å². The molecular formula is C17H34O2Si. The second kappa shape index (κ2) is 8.55. The van der Waals surface area contributed by atoms with Gasteiger partial charge in [-0.3, -0.25) is 0 Å². The summed E-state index contributed by atoms with van der Waals surface area (Å²) in [6, 6.07) is 2.54. The molecule has 0 saturated heterocycles. The van der Waals surface area contributed by atoms with Crippen LogP contribution in [0.15, 0.2) is 0 Å². The van der Waals surface area contributed by atoms with Crippen LogP contribution in [-0.2, 0) is 8.85 Å². The molecule has 2 aliphatic rings. The molecule has 0 aromatic rings. The van der Waals surface area contributed by atoms with Crippen LogP contribution in [0.2, 0.25) is 12.1 Å². The van der Waals surface area contributed by atoms with Crippen LogP contribution >= 0.6 is 0 Å². The molecule has 0 amide bonds. The van der Waals surface area contributed by atoms with E-state index in [1.807, 2.05) is 0 Å². The van der Waals surface area contributed by atoms with Gasteiger partial charge in [-0.2, -0.15) is 0 Å². The molecule has 0 aromatic heterocycles. The van der Waals surface area contributed by atoms with Crippen molar-refractivity contribution in [3.05, 3.63) is 0 Å². The van der Waals surface area contributed by atoms with E-state index >= 15 is 0 Å². The van der Waals surface area contributed by atoms with Gasteiger partial charge in [0.15, 0.2) is 0 Å². The average molecular weight is 299 g/mol. The lowest BCUT2D eigenvalue weighted by atomic mass is 9.87. The van der Waals surface area contributed by atoms with E-state index in [0.29, 0.717) is 0 Å². The van der Waals surface area contributed by atoms with Gasteiger partial charge in [-0.1, -0.05) is 57.8 Å². The monoisotopic (exact) mass is 298 g/mol. The highest BCUT2D eigenvalue weighted by atomic mass is 28.4. The first-order chi connectivity index (χ1) is 9.78. The summed E-state index contributed by atoms with van der Waals surface area (Å²) >= 11 is 0. The van der Waals surface area contributed by atoms with Crippen LogP contribution in [0, 0.1) is 11.8 Å². The first-order valence-corrected chi connectivity index (χ1v) is 11.3. The molecule has 3 heteroatoms. The zero-order valence-electron chi connectivity index (χ0n) is 13.7. The molecule has 2 aliphatic carbocycles. The third kappa shape index (κ3) is 4.85. The van der Waals surface area contributed by atoms with Crippen molar-refractivity contribution in [2.24, 2.45) is 11.8 Å². The van der Waals surface area contributed by atoms with E-state index in [0.717, 1.165) is 25.0 Å². The fourth-order valence-electron chi connectivity index (χ4n) is 4.03. The van der Waals surface area contributed by atoms with Crippen LogP contribution in [-0.4, -0.2) is 21.8 Å². The van der Waals surface area contributed by atoms with Crippen molar-refractivity contribution in [1.29, 1.82) is 0 Å². The molecular weight excluding hydrogens is 264 g/mol. The Morgan fingerprint density at radius 2 is 1.15 bits per heavy atom. The molecule has 2 fully saturated rings. The summed E-state index contributed by atoms with van der Waals surface area (Å²) < 4.78 is 12.7. The normalized spacial score (nSPS) is 22.5. The summed E-state index contributed by atoms with van der Waals surface area (Å²) in [5.41, 5.74) is 0. The third-order valence-electron chi connectivity index (χ3n) is 5.21. The zero-order chi connectivity index (χ0) is 14.3. The Morgan fingerprint density at radius 1 is 0.700 bits per heavy atom. The summed E-state index contributed by atoms with van der Waals surface area (Å²) in [6.07, 6.45) is 12.8. The van der Waals surface area contributed by atoms with Gasteiger partial charge in [0.2, 0.25) is 0 Å². The molecule has 0 aromatic carbocycles. The fraction of sp³-hybridized carbons (Fsp3) is 1.00. The minimum atomic E-state index is -1.94. The summed E-state index contributed by atoms with van der Waals surface area (Å²) in [6.45, 7) is 5.97. The molecule has 20 heavy (non-hydrogen) atoms. The molecule has 0 bridgehead atoms. The highest BCUT2D eigenvalue weighted by Crippen LogP contribution is 2.39. The minimum absolute atomic E-state index is 0.839. The topological polar surface area (TPSA) is 18.5 Å². The van der Waals surface area contributed by atoms with Gasteiger partial charge >= 0.3 is 8.56 Å². The van der Waals surface area contributed by atoms with Crippen LogP contribution in [0.4, 0.5) is 0 Å². The van der Waals surface area contributed by atoms with Crippen LogP contribution in [0.1, 0.15) is 71.6 Å². The van der Waals surface area contributed by atoms with Crippen molar-refractivity contribution in [3.63, 3.8) is 0 Å². The van der Waals surface area contributed by atoms with Crippen LogP contribution in [0.5, 0.6) is 0 Å². The molecule has 2 saturated carbocycles. The first kappa shape index (κ1) is 16.5. The highest BCUT2D eigenvalue weighted by molar-refractivity contribution is 6.67. The van der Waals surface area contributed by atoms with Gasteiger partial charge in [0, 0.05) is 13.2 Å². The maximum atomic E-state index is 6.34. The second-order valence-corrected chi connectivity index (χ2v) is 10.1. The van der Waals surface area contributed by atoms with Crippen molar-refractivity contribution in [2.45, 2.75) is 83.7 Å². The summed E-state index contributed by atoms with van der Waals surface area (Å²) in [5, 5.41) is 0. The molecule has 0 aliphatic heterocycles.